The molecule has 106 valence electrons. The quantitative estimate of drug-likeness (QED) is 0.746. The molecule has 0 spiro atoms. The molecule has 1 saturated heterocycles. The van der Waals surface area contributed by atoms with Crippen LogP contribution in [0, 0.1) is 5.92 Å². The molecule has 4 nitrogen and oxygen atoms in total. The molecule has 1 amide bonds. The second-order valence-electron chi connectivity index (χ2n) is 5.41. The van der Waals surface area contributed by atoms with Crippen molar-refractivity contribution in [3.8, 4) is 0 Å². The predicted molar refractivity (Wildman–Crippen MR) is 75.4 cm³/mol. The molecular weight excluding hydrogens is 226 g/mol. The van der Waals surface area contributed by atoms with Gasteiger partial charge < -0.3 is 10.6 Å². The Hall–Kier alpha value is -0.610. The number of amides is 1. The maximum atomic E-state index is 12.1. The van der Waals surface area contributed by atoms with Crippen LogP contribution in [0.5, 0.6) is 0 Å². The van der Waals surface area contributed by atoms with E-state index in [1.165, 1.54) is 19.4 Å². The fraction of sp³-hybridized carbons (Fsp3) is 0.929. The third-order valence-corrected chi connectivity index (χ3v) is 4.19. The molecule has 0 radical (unpaired) electrons. The number of likely N-dealkylation sites (tertiary alicyclic amines) is 1. The van der Waals surface area contributed by atoms with Gasteiger partial charge in [-0.05, 0) is 38.4 Å². The lowest BCUT2D eigenvalue weighted by Gasteiger charge is -2.28. The van der Waals surface area contributed by atoms with Crippen molar-refractivity contribution >= 4 is 5.91 Å². The van der Waals surface area contributed by atoms with Crippen molar-refractivity contribution in [3.63, 3.8) is 0 Å². The smallest absolute Gasteiger partial charge is 0.222 e. The van der Waals surface area contributed by atoms with E-state index in [9.17, 15) is 4.79 Å². The highest BCUT2D eigenvalue weighted by molar-refractivity contribution is 5.76. The van der Waals surface area contributed by atoms with Gasteiger partial charge >= 0.3 is 0 Å². The predicted octanol–water partition coefficient (Wildman–Crippen LogP) is 1.30. The van der Waals surface area contributed by atoms with Crippen LogP contribution in [0.1, 0.15) is 39.5 Å². The SMILES string of the molecule is CCC(CN)CC(=O)N(C)CC1CCCN1CC. The number of nitrogens with zero attached hydrogens (tertiary/aromatic N) is 2. The number of nitrogens with two attached hydrogens (primary N) is 1. The molecule has 2 N–H and O–H groups in total. The monoisotopic (exact) mass is 255 g/mol. The standard InChI is InChI=1S/C14H29N3O/c1-4-12(10-15)9-14(18)16(3)11-13-7-6-8-17(13)5-2/h12-13H,4-11,15H2,1-3H3. The Balaban J connectivity index is 2.39. The van der Waals surface area contributed by atoms with Gasteiger partial charge in [0.15, 0.2) is 0 Å². The number of carbonyl (C=O) groups excluding carboxylic acids is 1. The molecule has 1 rings (SSSR count). The van der Waals surface area contributed by atoms with Gasteiger partial charge in [0, 0.05) is 26.1 Å². The molecule has 0 saturated carbocycles. The molecule has 2 unspecified atom stereocenters. The van der Waals surface area contributed by atoms with Crippen molar-refractivity contribution in [1.82, 2.24) is 9.80 Å². The van der Waals surface area contributed by atoms with Crippen LogP contribution in [0.3, 0.4) is 0 Å². The first kappa shape index (κ1) is 15.4. The molecule has 0 bridgehead atoms. The van der Waals surface area contributed by atoms with E-state index in [1.807, 2.05) is 11.9 Å². The van der Waals surface area contributed by atoms with Gasteiger partial charge in [-0.2, -0.15) is 0 Å². The lowest BCUT2D eigenvalue weighted by molar-refractivity contribution is -0.131. The number of hydrogen-bond donors (Lipinski definition) is 1. The molecule has 1 aliphatic rings. The summed E-state index contributed by atoms with van der Waals surface area (Å²) >= 11 is 0. The molecule has 0 aromatic heterocycles. The topological polar surface area (TPSA) is 49.6 Å². The van der Waals surface area contributed by atoms with Gasteiger partial charge in [0.1, 0.15) is 0 Å². The van der Waals surface area contributed by atoms with Crippen LogP contribution in [0.25, 0.3) is 0 Å². The van der Waals surface area contributed by atoms with Crippen molar-refractivity contribution in [2.75, 3.05) is 33.2 Å². The fourth-order valence-corrected chi connectivity index (χ4v) is 2.73. The average Bonchev–Trinajstić information content (AvgIpc) is 2.82. The Morgan fingerprint density at radius 3 is 2.78 bits per heavy atom. The van der Waals surface area contributed by atoms with E-state index in [1.54, 1.807) is 0 Å². The summed E-state index contributed by atoms with van der Waals surface area (Å²) in [6.45, 7) is 8.05. The fourth-order valence-electron chi connectivity index (χ4n) is 2.73. The second kappa shape index (κ2) is 7.74. The van der Waals surface area contributed by atoms with Crippen LogP contribution in [0.15, 0.2) is 0 Å². The minimum atomic E-state index is 0.246. The van der Waals surface area contributed by atoms with E-state index < -0.39 is 0 Å². The molecule has 0 aromatic carbocycles. The number of carbonyl (C=O) groups is 1. The summed E-state index contributed by atoms with van der Waals surface area (Å²) in [7, 11) is 1.93. The van der Waals surface area contributed by atoms with Gasteiger partial charge in [0.25, 0.3) is 0 Å². The summed E-state index contributed by atoms with van der Waals surface area (Å²) in [5, 5.41) is 0. The van der Waals surface area contributed by atoms with Gasteiger partial charge in [0.2, 0.25) is 5.91 Å². The van der Waals surface area contributed by atoms with Crippen molar-refractivity contribution < 1.29 is 4.79 Å². The Morgan fingerprint density at radius 1 is 1.50 bits per heavy atom. The van der Waals surface area contributed by atoms with Gasteiger partial charge in [-0.25, -0.2) is 0 Å². The minimum absolute atomic E-state index is 0.246. The second-order valence-corrected chi connectivity index (χ2v) is 5.41. The van der Waals surface area contributed by atoms with Crippen molar-refractivity contribution in [2.24, 2.45) is 11.7 Å². The van der Waals surface area contributed by atoms with Crippen LogP contribution in [-0.4, -0.2) is 55.0 Å². The Bertz CT molecular complexity index is 253. The van der Waals surface area contributed by atoms with E-state index in [0.29, 0.717) is 24.9 Å². The van der Waals surface area contributed by atoms with Gasteiger partial charge in [-0.3, -0.25) is 9.69 Å². The summed E-state index contributed by atoms with van der Waals surface area (Å²) in [5.74, 6) is 0.584. The summed E-state index contributed by atoms with van der Waals surface area (Å²) in [5.41, 5.74) is 5.66. The van der Waals surface area contributed by atoms with E-state index in [-0.39, 0.29) is 5.91 Å². The first-order chi connectivity index (χ1) is 8.62. The first-order valence-corrected chi connectivity index (χ1v) is 7.30. The summed E-state index contributed by atoms with van der Waals surface area (Å²) in [6.07, 6.45) is 4.07. The summed E-state index contributed by atoms with van der Waals surface area (Å²) < 4.78 is 0. The van der Waals surface area contributed by atoms with Gasteiger partial charge in [-0.15, -0.1) is 0 Å². The van der Waals surface area contributed by atoms with Gasteiger partial charge in [0.05, 0.1) is 0 Å². The van der Waals surface area contributed by atoms with Crippen molar-refractivity contribution in [1.29, 1.82) is 0 Å². The van der Waals surface area contributed by atoms with Crippen LogP contribution in [-0.2, 0) is 4.79 Å². The largest absolute Gasteiger partial charge is 0.344 e. The molecule has 1 fully saturated rings. The zero-order chi connectivity index (χ0) is 13.5. The summed E-state index contributed by atoms with van der Waals surface area (Å²) in [6, 6.07) is 0.557. The zero-order valence-electron chi connectivity index (χ0n) is 12.2. The summed E-state index contributed by atoms with van der Waals surface area (Å²) in [4.78, 5) is 16.5. The Kier molecular flexibility index (Phi) is 6.65. The van der Waals surface area contributed by atoms with E-state index >= 15 is 0 Å². The number of likely N-dealkylation sites (N-methyl/N-ethyl adjacent to an activating group) is 2. The molecule has 0 aliphatic carbocycles. The maximum absolute atomic E-state index is 12.1. The number of hydrogen-bond acceptors (Lipinski definition) is 3. The zero-order valence-corrected chi connectivity index (χ0v) is 12.2. The van der Waals surface area contributed by atoms with Crippen LogP contribution in [0.2, 0.25) is 0 Å². The first-order valence-electron chi connectivity index (χ1n) is 7.30. The van der Waals surface area contributed by atoms with Crippen LogP contribution >= 0.6 is 0 Å². The average molecular weight is 255 g/mol. The van der Waals surface area contributed by atoms with E-state index in [0.717, 1.165) is 19.5 Å². The minimum Gasteiger partial charge on any atom is -0.344 e. The highest BCUT2D eigenvalue weighted by Crippen LogP contribution is 2.18. The molecular formula is C14H29N3O. The number of rotatable bonds is 7. The van der Waals surface area contributed by atoms with Crippen LogP contribution < -0.4 is 5.73 Å². The molecule has 1 aliphatic heterocycles. The highest BCUT2D eigenvalue weighted by atomic mass is 16.2. The van der Waals surface area contributed by atoms with Crippen molar-refractivity contribution in [2.45, 2.75) is 45.6 Å². The Morgan fingerprint density at radius 2 is 2.22 bits per heavy atom. The van der Waals surface area contributed by atoms with Crippen molar-refractivity contribution in [3.05, 3.63) is 0 Å². The Labute approximate surface area is 111 Å². The highest BCUT2D eigenvalue weighted by Gasteiger charge is 2.25. The molecule has 18 heavy (non-hydrogen) atoms. The maximum Gasteiger partial charge on any atom is 0.222 e. The lowest BCUT2D eigenvalue weighted by Crippen LogP contribution is -2.41. The van der Waals surface area contributed by atoms with Gasteiger partial charge in [-0.1, -0.05) is 20.3 Å². The molecule has 0 aromatic rings. The van der Waals surface area contributed by atoms with E-state index in [2.05, 4.69) is 18.7 Å². The molecule has 4 heteroatoms. The molecule has 2 atom stereocenters. The third-order valence-electron chi connectivity index (χ3n) is 4.19. The third kappa shape index (κ3) is 4.25. The molecule has 1 heterocycles. The normalized spacial score (nSPS) is 22.1. The van der Waals surface area contributed by atoms with Crippen LogP contribution in [0.4, 0.5) is 0 Å². The lowest BCUT2D eigenvalue weighted by atomic mass is 10.0. The van der Waals surface area contributed by atoms with E-state index in [4.69, 9.17) is 5.73 Å².